The standard InChI is InChI=1S/C12H24N2O2S/c1-9(14-10-5-6-17-8-10)7-13-11(15)16-12(2,3)4/h9-10,14H,5-8H2,1-4H3,(H,13,15). The molecule has 2 atom stereocenters. The van der Waals surface area contributed by atoms with Gasteiger partial charge in [-0.3, -0.25) is 0 Å². The van der Waals surface area contributed by atoms with Crippen LogP contribution in [0.2, 0.25) is 0 Å². The van der Waals surface area contributed by atoms with Gasteiger partial charge in [0.15, 0.2) is 0 Å². The van der Waals surface area contributed by atoms with Gasteiger partial charge in [0.2, 0.25) is 0 Å². The minimum absolute atomic E-state index is 0.284. The normalized spacial score (nSPS) is 22.2. The highest BCUT2D eigenvalue weighted by atomic mass is 32.2. The van der Waals surface area contributed by atoms with Crippen LogP contribution < -0.4 is 10.6 Å². The molecule has 1 rings (SSSR count). The lowest BCUT2D eigenvalue weighted by molar-refractivity contribution is 0.0523. The number of rotatable bonds is 4. The molecule has 100 valence electrons. The lowest BCUT2D eigenvalue weighted by Crippen LogP contribution is -2.45. The Kier molecular flexibility index (Phi) is 5.59. The molecule has 0 aromatic heterocycles. The van der Waals surface area contributed by atoms with E-state index in [2.05, 4.69) is 17.6 Å². The number of carbonyl (C=O) groups excluding carboxylic acids is 1. The van der Waals surface area contributed by atoms with Gasteiger partial charge in [-0.1, -0.05) is 0 Å². The summed E-state index contributed by atoms with van der Waals surface area (Å²) >= 11 is 1.98. The zero-order valence-corrected chi connectivity index (χ0v) is 12.0. The molecule has 0 aromatic carbocycles. The number of hydrogen-bond donors (Lipinski definition) is 2. The van der Waals surface area contributed by atoms with E-state index in [9.17, 15) is 4.79 Å². The smallest absolute Gasteiger partial charge is 0.407 e. The molecule has 1 aliphatic heterocycles. The topological polar surface area (TPSA) is 50.4 Å². The van der Waals surface area contributed by atoms with Gasteiger partial charge in [0.1, 0.15) is 5.60 Å². The monoisotopic (exact) mass is 260 g/mol. The molecule has 0 aromatic rings. The highest BCUT2D eigenvalue weighted by Crippen LogP contribution is 2.17. The largest absolute Gasteiger partial charge is 0.444 e. The van der Waals surface area contributed by atoms with Gasteiger partial charge in [0, 0.05) is 24.4 Å². The predicted molar refractivity (Wildman–Crippen MR) is 72.6 cm³/mol. The van der Waals surface area contributed by atoms with Gasteiger partial charge in [-0.2, -0.15) is 11.8 Å². The Bertz CT molecular complexity index is 247. The molecule has 2 N–H and O–H groups in total. The SMILES string of the molecule is CC(CNC(=O)OC(C)(C)C)NC1CCSC1. The summed E-state index contributed by atoms with van der Waals surface area (Å²) in [6.07, 6.45) is 0.883. The third kappa shape index (κ3) is 6.78. The Morgan fingerprint density at radius 3 is 2.76 bits per heavy atom. The molecule has 17 heavy (non-hydrogen) atoms. The van der Waals surface area contributed by atoms with Crippen molar-refractivity contribution in [2.24, 2.45) is 0 Å². The van der Waals surface area contributed by atoms with E-state index in [1.807, 2.05) is 32.5 Å². The Morgan fingerprint density at radius 1 is 1.53 bits per heavy atom. The molecule has 2 unspecified atom stereocenters. The summed E-state index contributed by atoms with van der Waals surface area (Å²) in [6, 6.07) is 0.877. The Balaban J connectivity index is 2.14. The molecule has 1 amide bonds. The summed E-state index contributed by atoms with van der Waals surface area (Å²) < 4.78 is 5.18. The van der Waals surface area contributed by atoms with Gasteiger partial charge < -0.3 is 15.4 Å². The number of carbonyl (C=O) groups is 1. The van der Waals surface area contributed by atoms with E-state index < -0.39 is 5.60 Å². The molecular weight excluding hydrogens is 236 g/mol. The first kappa shape index (κ1) is 14.6. The highest BCUT2D eigenvalue weighted by molar-refractivity contribution is 7.99. The fraction of sp³-hybridized carbons (Fsp3) is 0.917. The van der Waals surface area contributed by atoms with Gasteiger partial charge in [-0.05, 0) is 39.9 Å². The first-order valence-corrected chi connectivity index (χ1v) is 7.33. The van der Waals surface area contributed by atoms with Crippen molar-refractivity contribution in [3.8, 4) is 0 Å². The number of amides is 1. The third-order valence-corrected chi connectivity index (χ3v) is 3.56. The molecule has 0 spiro atoms. The maximum Gasteiger partial charge on any atom is 0.407 e. The van der Waals surface area contributed by atoms with Crippen molar-refractivity contribution in [1.29, 1.82) is 0 Å². The average molecular weight is 260 g/mol. The lowest BCUT2D eigenvalue weighted by atomic mass is 10.2. The van der Waals surface area contributed by atoms with Crippen molar-refractivity contribution in [1.82, 2.24) is 10.6 Å². The summed E-state index contributed by atoms with van der Waals surface area (Å²) in [6.45, 7) is 8.29. The van der Waals surface area contributed by atoms with Crippen LogP contribution in [0.3, 0.4) is 0 Å². The van der Waals surface area contributed by atoms with E-state index in [0.29, 0.717) is 12.6 Å². The molecule has 1 saturated heterocycles. The van der Waals surface area contributed by atoms with E-state index in [4.69, 9.17) is 4.74 Å². The van der Waals surface area contributed by atoms with Crippen molar-refractivity contribution in [3.63, 3.8) is 0 Å². The minimum atomic E-state index is -0.428. The summed E-state index contributed by atoms with van der Waals surface area (Å²) in [7, 11) is 0. The summed E-state index contributed by atoms with van der Waals surface area (Å²) in [4.78, 5) is 11.4. The minimum Gasteiger partial charge on any atom is -0.444 e. The first-order chi connectivity index (χ1) is 7.87. The molecule has 4 nitrogen and oxygen atoms in total. The summed E-state index contributed by atoms with van der Waals surface area (Å²) in [5.74, 6) is 2.42. The number of nitrogens with one attached hydrogen (secondary N) is 2. The zero-order chi connectivity index (χ0) is 12.9. The first-order valence-electron chi connectivity index (χ1n) is 6.17. The second-order valence-electron chi connectivity index (χ2n) is 5.51. The Labute approximate surface area is 108 Å². The molecule has 5 heteroatoms. The van der Waals surface area contributed by atoms with E-state index in [1.54, 1.807) is 0 Å². The second-order valence-corrected chi connectivity index (χ2v) is 6.66. The fourth-order valence-corrected chi connectivity index (χ4v) is 2.84. The van der Waals surface area contributed by atoms with Crippen LogP contribution in [0, 0.1) is 0 Å². The van der Waals surface area contributed by atoms with E-state index in [1.165, 1.54) is 17.9 Å². The van der Waals surface area contributed by atoms with E-state index in [-0.39, 0.29) is 12.1 Å². The van der Waals surface area contributed by atoms with Gasteiger partial charge in [0.05, 0.1) is 0 Å². The molecule has 1 fully saturated rings. The van der Waals surface area contributed by atoms with Crippen molar-refractivity contribution in [2.75, 3.05) is 18.1 Å². The van der Waals surface area contributed by atoms with Crippen LogP contribution in [0.4, 0.5) is 4.79 Å². The average Bonchev–Trinajstić information content (AvgIpc) is 2.64. The van der Waals surface area contributed by atoms with Gasteiger partial charge >= 0.3 is 6.09 Å². The van der Waals surface area contributed by atoms with Gasteiger partial charge in [-0.15, -0.1) is 0 Å². The van der Waals surface area contributed by atoms with Crippen LogP contribution in [0.25, 0.3) is 0 Å². The molecule has 0 bridgehead atoms. The van der Waals surface area contributed by atoms with Crippen LogP contribution in [-0.2, 0) is 4.74 Å². The molecular formula is C12H24N2O2S. The molecule has 0 aliphatic carbocycles. The number of hydrogen-bond acceptors (Lipinski definition) is 4. The van der Waals surface area contributed by atoms with Crippen LogP contribution in [0.5, 0.6) is 0 Å². The van der Waals surface area contributed by atoms with E-state index >= 15 is 0 Å². The quantitative estimate of drug-likeness (QED) is 0.811. The zero-order valence-electron chi connectivity index (χ0n) is 11.2. The second kappa shape index (κ2) is 6.50. The van der Waals surface area contributed by atoms with Gasteiger partial charge in [0.25, 0.3) is 0 Å². The fourth-order valence-electron chi connectivity index (χ4n) is 1.68. The van der Waals surface area contributed by atoms with Crippen molar-refractivity contribution >= 4 is 17.9 Å². The summed E-state index contributed by atoms with van der Waals surface area (Å²) in [5.41, 5.74) is -0.428. The molecule has 0 saturated carbocycles. The Hall–Kier alpha value is -0.420. The maximum atomic E-state index is 11.4. The molecule has 0 radical (unpaired) electrons. The predicted octanol–water partition coefficient (Wildman–Crippen LogP) is 1.99. The lowest BCUT2D eigenvalue weighted by Gasteiger charge is -2.22. The number of ether oxygens (including phenoxy) is 1. The molecule has 1 heterocycles. The Morgan fingerprint density at radius 2 is 2.24 bits per heavy atom. The molecule has 1 aliphatic rings. The van der Waals surface area contributed by atoms with Crippen LogP contribution in [0.15, 0.2) is 0 Å². The highest BCUT2D eigenvalue weighted by Gasteiger charge is 2.19. The van der Waals surface area contributed by atoms with Gasteiger partial charge in [-0.25, -0.2) is 4.79 Å². The van der Waals surface area contributed by atoms with Crippen LogP contribution in [0.1, 0.15) is 34.1 Å². The van der Waals surface area contributed by atoms with Crippen LogP contribution in [-0.4, -0.2) is 41.8 Å². The maximum absolute atomic E-state index is 11.4. The summed E-state index contributed by atoms with van der Waals surface area (Å²) in [5, 5.41) is 6.29. The van der Waals surface area contributed by atoms with Crippen LogP contribution >= 0.6 is 11.8 Å². The number of alkyl carbamates (subject to hydrolysis) is 1. The van der Waals surface area contributed by atoms with Crippen molar-refractivity contribution < 1.29 is 9.53 Å². The number of thioether (sulfide) groups is 1. The third-order valence-electron chi connectivity index (χ3n) is 2.40. The van der Waals surface area contributed by atoms with E-state index in [0.717, 1.165) is 0 Å². The van der Waals surface area contributed by atoms with Crippen molar-refractivity contribution in [2.45, 2.75) is 51.8 Å². The van der Waals surface area contributed by atoms with Crippen molar-refractivity contribution in [3.05, 3.63) is 0 Å².